The van der Waals surface area contributed by atoms with Crippen LogP contribution in [-0.4, -0.2) is 61.6 Å². The van der Waals surface area contributed by atoms with E-state index in [0.29, 0.717) is 11.5 Å². The smallest absolute Gasteiger partial charge is 0.209 e. The number of carbonyl (C=O) groups excluding carboxylic acids is 1. The van der Waals surface area contributed by atoms with Crippen LogP contribution in [0.5, 0.6) is 0 Å². The Hall–Kier alpha value is -0.610. The monoisotopic (exact) mass is 182 g/mol. The van der Waals surface area contributed by atoms with E-state index in [9.17, 15) is 4.79 Å². The van der Waals surface area contributed by atoms with E-state index in [1.54, 1.807) is 0 Å². The molecule has 0 aromatic carbocycles. The van der Waals surface area contributed by atoms with Crippen LogP contribution in [0.4, 0.5) is 0 Å². The zero-order valence-electron chi connectivity index (χ0n) is 7.61. The van der Waals surface area contributed by atoms with Crippen molar-refractivity contribution < 1.29 is 9.53 Å². The van der Waals surface area contributed by atoms with Gasteiger partial charge in [0, 0.05) is 31.6 Å². The highest BCUT2D eigenvalue weighted by atomic mass is 16.5. The van der Waals surface area contributed by atoms with Gasteiger partial charge in [0.05, 0.1) is 19.3 Å². The maximum atomic E-state index is 10.4. The van der Waals surface area contributed by atoms with Crippen molar-refractivity contribution in [2.45, 2.75) is 6.04 Å². The molecule has 0 bridgehead atoms. The number of rotatable bonds is 2. The summed E-state index contributed by atoms with van der Waals surface area (Å²) < 4.78 is 5.15. The summed E-state index contributed by atoms with van der Waals surface area (Å²) in [6.45, 7) is 6.11. The minimum absolute atomic E-state index is 0.469. The fourth-order valence-corrected chi connectivity index (χ4v) is 2.60. The molecule has 4 nitrogen and oxygen atoms in total. The number of ether oxygens (including phenoxy) is 1. The summed E-state index contributed by atoms with van der Waals surface area (Å²) in [5.74, 6) is 0. The lowest BCUT2D eigenvalue weighted by atomic mass is 9.72. The van der Waals surface area contributed by atoms with Crippen LogP contribution in [0.2, 0.25) is 0 Å². The molecule has 1 spiro atoms. The van der Waals surface area contributed by atoms with Crippen LogP contribution in [0, 0.1) is 5.41 Å². The lowest BCUT2D eigenvalue weighted by Crippen LogP contribution is -2.74. The number of amides is 1. The number of nitrogens with zero attached hydrogens (tertiary/aromatic N) is 2. The first-order valence-corrected chi connectivity index (χ1v) is 4.83. The van der Waals surface area contributed by atoms with Crippen molar-refractivity contribution in [1.29, 1.82) is 0 Å². The second-order valence-electron chi connectivity index (χ2n) is 4.61. The number of hydrogen-bond donors (Lipinski definition) is 0. The Morgan fingerprint density at radius 2 is 1.92 bits per heavy atom. The molecule has 0 N–H and O–H groups in total. The van der Waals surface area contributed by atoms with Gasteiger partial charge in [0.15, 0.2) is 0 Å². The Morgan fingerprint density at radius 1 is 1.23 bits per heavy atom. The van der Waals surface area contributed by atoms with Crippen LogP contribution in [0.15, 0.2) is 0 Å². The molecule has 1 amide bonds. The van der Waals surface area contributed by atoms with E-state index >= 15 is 0 Å². The SMILES string of the molecule is O=CN1CC2(C1)CN(C1COC1)C2. The van der Waals surface area contributed by atoms with Gasteiger partial charge in [-0.2, -0.15) is 0 Å². The highest BCUT2D eigenvalue weighted by Gasteiger charge is 2.53. The molecule has 0 unspecified atom stereocenters. The summed E-state index contributed by atoms with van der Waals surface area (Å²) in [7, 11) is 0. The van der Waals surface area contributed by atoms with E-state index in [-0.39, 0.29) is 0 Å². The maximum absolute atomic E-state index is 10.4. The Kier molecular flexibility index (Phi) is 1.46. The number of carbonyl (C=O) groups is 1. The normalized spacial score (nSPS) is 32.2. The van der Waals surface area contributed by atoms with Crippen LogP contribution in [0.25, 0.3) is 0 Å². The highest BCUT2D eigenvalue weighted by Crippen LogP contribution is 2.40. The predicted octanol–water partition coefficient (Wildman–Crippen LogP) is -0.841. The van der Waals surface area contributed by atoms with Crippen LogP contribution in [-0.2, 0) is 9.53 Å². The predicted molar refractivity (Wildman–Crippen MR) is 46.3 cm³/mol. The second-order valence-corrected chi connectivity index (χ2v) is 4.61. The van der Waals surface area contributed by atoms with Gasteiger partial charge in [-0.05, 0) is 0 Å². The minimum Gasteiger partial charge on any atom is -0.378 e. The molecular formula is C9H14N2O2. The molecule has 3 fully saturated rings. The molecule has 3 heterocycles. The molecule has 0 aromatic rings. The average Bonchev–Trinajstić information content (AvgIpc) is 1.86. The molecule has 3 aliphatic heterocycles. The van der Waals surface area contributed by atoms with Gasteiger partial charge in [0.1, 0.15) is 0 Å². The standard InChI is InChI=1S/C9H14N2O2/c12-7-10-3-9(4-10)5-11(6-9)8-1-13-2-8/h7-8H,1-6H2. The average molecular weight is 182 g/mol. The van der Waals surface area contributed by atoms with Gasteiger partial charge < -0.3 is 9.64 Å². The van der Waals surface area contributed by atoms with Gasteiger partial charge in [-0.15, -0.1) is 0 Å². The lowest BCUT2D eigenvalue weighted by molar-refractivity contribution is -0.177. The van der Waals surface area contributed by atoms with E-state index in [4.69, 9.17) is 4.74 Å². The summed E-state index contributed by atoms with van der Waals surface area (Å²) in [6.07, 6.45) is 0.959. The molecule has 0 saturated carbocycles. The molecule has 3 saturated heterocycles. The molecule has 4 heteroatoms. The summed E-state index contributed by atoms with van der Waals surface area (Å²) >= 11 is 0. The molecule has 0 aliphatic carbocycles. The lowest BCUT2D eigenvalue weighted by Gasteiger charge is -2.62. The molecule has 3 aliphatic rings. The van der Waals surface area contributed by atoms with Crippen LogP contribution >= 0.6 is 0 Å². The quantitative estimate of drug-likeness (QED) is 0.522. The molecule has 72 valence electrons. The van der Waals surface area contributed by atoms with Gasteiger partial charge in [-0.1, -0.05) is 0 Å². The van der Waals surface area contributed by atoms with E-state index < -0.39 is 0 Å². The fraction of sp³-hybridized carbons (Fsp3) is 0.889. The Labute approximate surface area is 77.4 Å². The largest absolute Gasteiger partial charge is 0.378 e. The number of likely N-dealkylation sites (tertiary alicyclic amines) is 2. The number of hydrogen-bond acceptors (Lipinski definition) is 3. The van der Waals surface area contributed by atoms with Crippen LogP contribution in [0.1, 0.15) is 0 Å². The van der Waals surface area contributed by atoms with Gasteiger partial charge >= 0.3 is 0 Å². The van der Waals surface area contributed by atoms with Crippen molar-refractivity contribution in [1.82, 2.24) is 9.80 Å². The first kappa shape index (κ1) is 7.76. The third kappa shape index (κ3) is 1.02. The first-order valence-electron chi connectivity index (χ1n) is 4.83. The summed E-state index contributed by atoms with van der Waals surface area (Å²) in [4.78, 5) is 14.7. The highest BCUT2D eigenvalue weighted by molar-refractivity contribution is 5.49. The molecule has 13 heavy (non-hydrogen) atoms. The minimum atomic E-state index is 0.469. The third-order valence-corrected chi connectivity index (χ3v) is 3.44. The van der Waals surface area contributed by atoms with Crippen molar-refractivity contribution in [3.05, 3.63) is 0 Å². The van der Waals surface area contributed by atoms with E-state index in [1.807, 2.05) is 4.90 Å². The van der Waals surface area contributed by atoms with Gasteiger partial charge in [-0.3, -0.25) is 9.69 Å². The third-order valence-electron chi connectivity index (χ3n) is 3.44. The zero-order chi connectivity index (χ0) is 8.89. The second kappa shape index (κ2) is 2.45. The summed E-state index contributed by atoms with van der Waals surface area (Å²) in [6, 6.07) is 0.677. The van der Waals surface area contributed by atoms with E-state index in [0.717, 1.165) is 32.7 Å². The molecule has 0 radical (unpaired) electrons. The van der Waals surface area contributed by atoms with E-state index in [2.05, 4.69) is 4.90 Å². The van der Waals surface area contributed by atoms with Crippen molar-refractivity contribution in [3.8, 4) is 0 Å². The first-order chi connectivity index (χ1) is 6.31. The maximum Gasteiger partial charge on any atom is 0.209 e. The van der Waals surface area contributed by atoms with Crippen molar-refractivity contribution in [2.75, 3.05) is 39.4 Å². The summed E-state index contributed by atoms with van der Waals surface area (Å²) in [5, 5.41) is 0. The Balaban J connectivity index is 1.49. The van der Waals surface area contributed by atoms with Crippen LogP contribution in [0.3, 0.4) is 0 Å². The van der Waals surface area contributed by atoms with Gasteiger partial charge in [0.2, 0.25) is 6.41 Å². The van der Waals surface area contributed by atoms with Gasteiger partial charge in [0.25, 0.3) is 0 Å². The molecule has 3 rings (SSSR count). The van der Waals surface area contributed by atoms with Crippen LogP contribution < -0.4 is 0 Å². The van der Waals surface area contributed by atoms with Crippen molar-refractivity contribution >= 4 is 6.41 Å². The topological polar surface area (TPSA) is 32.8 Å². The van der Waals surface area contributed by atoms with Crippen molar-refractivity contribution in [3.63, 3.8) is 0 Å². The molecular weight excluding hydrogens is 168 g/mol. The molecule has 0 atom stereocenters. The summed E-state index contributed by atoms with van der Waals surface area (Å²) in [5.41, 5.74) is 0.469. The van der Waals surface area contributed by atoms with Crippen molar-refractivity contribution in [2.24, 2.45) is 5.41 Å². The zero-order valence-corrected chi connectivity index (χ0v) is 7.61. The van der Waals surface area contributed by atoms with E-state index in [1.165, 1.54) is 13.1 Å². The Morgan fingerprint density at radius 3 is 2.38 bits per heavy atom. The fourth-order valence-electron chi connectivity index (χ4n) is 2.60. The Bertz CT molecular complexity index is 226. The molecule has 0 aromatic heterocycles. The van der Waals surface area contributed by atoms with Gasteiger partial charge in [-0.25, -0.2) is 0 Å².